The molecule has 5 heteroatoms. The second-order valence-electron chi connectivity index (χ2n) is 3.17. The molecule has 0 unspecified atom stereocenters. The van der Waals surface area contributed by atoms with Crippen molar-refractivity contribution in [2.24, 2.45) is 7.05 Å². The zero-order valence-corrected chi connectivity index (χ0v) is 11.1. The van der Waals surface area contributed by atoms with Gasteiger partial charge in [-0.1, -0.05) is 26.0 Å². The fraction of sp³-hybridized carbons (Fsp3) is 0.462. The van der Waals surface area contributed by atoms with E-state index in [1.54, 1.807) is 11.6 Å². The predicted molar refractivity (Wildman–Crippen MR) is 68.8 cm³/mol. The number of benzene rings is 1. The molecule has 0 aliphatic carbocycles. The Bertz CT molecular complexity index is 452. The van der Waals surface area contributed by atoms with Crippen molar-refractivity contribution in [1.29, 1.82) is 0 Å². The maximum atomic E-state index is 12.2. The lowest BCUT2D eigenvalue weighted by molar-refractivity contribution is 0.145. The van der Waals surface area contributed by atoms with Crippen molar-refractivity contribution in [3.8, 4) is 0 Å². The predicted octanol–water partition coefficient (Wildman–Crippen LogP) is 3.99. The van der Waals surface area contributed by atoms with E-state index in [2.05, 4.69) is 4.98 Å². The minimum atomic E-state index is -2.34. The molecule has 2 aromatic rings. The molecule has 0 amide bonds. The molecule has 0 aliphatic heterocycles. The van der Waals surface area contributed by atoms with Crippen LogP contribution in [0, 0.1) is 0 Å². The van der Waals surface area contributed by atoms with Crippen molar-refractivity contribution in [2.75, 3.05) is 7.18 Å². The van der Waals surface area contributed by atoms with E-state index in [1.807, 2.05) is 38.1 Å². The Balaban J connectivity index is 0.000000659. The van der Waals surface area contributed by atoms with Crippen molar-refractivity contribution in [3.63, 3.8) is 0 Å². The maximum absolute atomic E-state index is 12.2. The number of fused-ring (bicyclic) bond motifs is 1. The molecule has 18 heavy (non-hydrogen) atoms. The summed E-state index contributed by atoms with van der Waals surface area (Å²) in [5.41, 5.74) is 1.66. The molecule has 0 atom stereocenters. The number of aryl methyl sites for hydroxylation is 1. The first kappa shape index (κ1) is 16.5. The van der Waals surface area contributed by atoms with Crippen molar-refractivity contribution in [3.05, 3.63) is 30.1 Å². The second kappa shape index (κ2) is 8.55. The Labute approximate surface area is 105 Å². The largest absolute Gasteiger partial charge is 0.331 e. The molecule has 0 fully saturated rings. The van der Waals surface area contributed by atoms with Crippen molar-refractivity contribution >= 4 is 11.0 Å². The van der Waals surface area contributed by atoms with Gasteiger partial charge in [-0.2, -0.15) is 0 Å². The Morgan fingerprint density at radius 1 is 1.17 bits per heavy atom. The standard InChI is InChI=1S/C10H10F2N2.C2H6.CH3F/c1-14-8-5-3-2-4-7(8)13-10(14)6-9(11)12;2*1-2/h2-5,9H,6H2,1H3;1-2H3;1H3. The number of alkyl halides is 3. The molecule has 0 saturated heterocycles. The molecule has 1 aromatic heterocycles. The topological polar surface area (TPSA) is 17.8 Å². The van der Waals surface area contributed by atoms with E-state index in [0.29, 0.717) is 13.0 Å². The van der Waals surface area contributed by atoms with Crippen LogP contribution >= 0.6 is 0 Å². The molecule has 0 aliphatic rings. The summed E-state index contributed by atoms with van der Waals surface area (Å²) in [6.45, 7) is 4.00. The van der Waals surface area contributed by atoms with E-state index >= 15 is 0 Å². The third-order valence-corrected chi connectivity index (χ3v) is 2.22. The van der Waals surface area contributed by atoms with Gasteiger partial charge in [0.25, 0.3) is 0 Å². The number of halogens is 3. The van der Waals surface area contributed by atoms with Crippen molar-refractivity contribution in [2.45, 2.75) is 26.7 Å². The number of imidazole rings is 1. The van der Waals surface area contributed by atoms with Gasteiger partial charge in [0.15, 0.2) is 0 Å². The van der Waals surface area contributed by atoms with Gasteiger partial charge in [0, 0.05) is 7.05 Å². The minimum absolute atomic E-state index is 0.287. The monoisotopic (exact) mass is 260 g/mol. The summed E-state index contributed by atoms with van der Waals surface area (Å²) in [7, 11) is 2.26. The molecule has 0 N–H and O–H groups in total. The third-order valence-electron chi connectivity index (χ3n) is 2.22. The molecule has 1 aromatic carbocycles. The van der Waals surface area contributed by atoms with Gasteiger partial charge >= 0.3 is 0 Å². The van der Waals surface area contributed by atoms with Crippen molar-refractivity contribution in [1.82, 2.24) is 9.55 Å². The van der Waals surface area contributed by atoms with E-state index in [4.69, 9.17) is 0 Å². The van der Waals surface area contributed by atoms with E-state index < -0.39 is 6.43 Å². The summed E-state index contributed by atoms with van der Waals surface area (Å²) in [6.07, 6.45) is -2.63. The average Bonchev–Trinajstić information content (AvgIpc) is 2.71. The van der Waals surface area contributed by atoms with E-state index in [0.717, 1.165) is 11.0 Å². The molecule has 0 radical (unpaired) electrons. The summed E-state index contributed by atoms with van der Waals surface area (Å²) < 4.78 is 35.6. The van der Waals surface area contributed by atoms with E-state index in [-0.39, 0.29) is 6.42 Å². The molecular formula is C13H19F3N2. The van der Waals surface area contributed by atoms with E-state index in [9.17, 15) is 13.2 Å². The van der Waals surface area contributed by atoms with Gasteiger partial charge in [0.1, 0.15) is 5.82 Å². The molecule has 102 valence electrons. The lowest BCUT2D eigenvalue weighted by Crippen LogP contribution is -2.04. The number of rotatable bonds is 2. The molecule has 2 rings (SSSR count). The van der Waals surface area contributed by atoms with Crippen LogP contribution in [-0.2, 0) is 13.5 Å². The van der Waals surface area contributed by atoms with Crippen LogP contribution in [0.3, 0.4) is 0 Å². The Morgan fingerprint density at radius 3 is 2.22 bits per heavy atom. The van der Waals surface area contributed by atoms with Crippen LogP contribution in [0.2, 0.25) is 0 Å². The summed E-state index contributed by atoms with van der Waals surface area (Å²) in [5, 5.41) is 0. The fourth-order valence-electron chi connectivity index (χ4n) is 1.52. The minimum Gasteiger partial charge on any atom is -0.331 e. The zero-order valence-electron chi connectivity index (χ0n) is 11.1. The van der Waals surface area contributed by atoms with Crippen LogP contribution < -0.4 is 0 Å². The highest BCUT2D eigenvalue weighted by molar-refractivity contribution is 5.75. The highest BCUT2D eigenvalue weighted by atomic mass is 19.3. The van der Waals surface area contributed by atoms with Gasteiger partial charge < -0.3 is 4.57 Å². The quantitative estimate of drug-likeness (QED) is 0.798. The molecule has 2 nitrogen and oxygen atoms in total. The van der Waals surface area contributed by atoms with Crippen LogP contribution in [0.5, 0.6) is 0 Å². The highest BCUT2D eigenvalue weighted by Crippen LogP contribution is 2.16. The number of para-hydroxylation sites is 2. The average molecular weight is 260 g/mol. The molecule has 1 heterocycles. The van der Waals surface area contributed by atoms with Gasteiger partial charge in [-0.3, -0.25) is 4.39 Å². The second-order valence-corrected chi connectivity index (χ2v) is 3.17. The molecular weight excluding hydrogens is 241 g/mol. The van der Waals surface area contributed by atoms with E-state index in [1.165, 1.54) is 0 Å². The third kappa shape index (κ3) is 4.05. The summed E-state index contributed by atoms with van der Waals surface area (Å²) in [4.78, 5) is 4.14. The summed E-state index contributed by atoms with van der Waals surface area (Å²) in [5.74, 6) is 0.432. The Hall–Kier alpha value is -1.52. The Morgan fingerprint density at radius 2 is 1.72 bits per heavy atom. The van der Waals surface area contributed by atoms with Gasteiger partial charge in [-0.15, -0.1) is 0 Å². The van der Waals surface area contributed by atoms with Crippen LogP contribution in [0.4, 0.5) is 13.2 Å². The maximum Gasteiger partial charge on any atom is 0.245 e. The van der Waals surface area contributed by atoms with Gasteiger partial charge in [-0.25, -0.2) is 13.8 Å². The highest BCUT2D eigenvalue weighted by Gasteiger charge is 2.11. The number of aromatic nitrogens is 2. The number of nitrogens with zero attached hydrogens (tertiary/aromatic N) is 2. The number of hydrogen-bond donors (Lipinski definition) is 0. The van der Waals surface area contributed by atoms with Crippen LogP contribution in [0.1, 0.15) is 19.7 Å². The first-order chi connectivity index (χ1) is 8.68. The molecule has 0 saturated carbocycles. The molecule has 0 spiro atoms. The van der Waals surface area contributed by atoms with Gasteiger partial charge in [0.05, 0.1) is 24.6 Å². The van der Waals surface area contributed by atoms with Gasteiger partial charge in [-0.05, 0) is 12.1 Å². The smallest absolute Gasteiger partial charge is 0.245 e. The first-order valence-electron chi connectivity index (χ1n) is 5.75. The SMILES string of the molecule is CC.CF.Cn1c(CC(F)F)nc2ccccc21. The normalized spacial score (nSPS) is 9.56. The summed E-state index contributed by atoms with van der Waals surface area (Å²) in [6, 6.07) is 7.42. The summed E-state index contributed by atoms with van der Waals surface area (Å²) >= 11 is 0. The Kier molecular flexibility index (Phi) is 7.83. The van der Waals surface area contributed by atoms with Crippen LogP contribution in [0.25, 0.3) is 11.0 Å². The zero-order chi connectivity index (χ0) is 14.1. The number of hydrogen-bond acceptors (Lipinski definition) is 1. The lowest BCUT2D eigenvalue weighted by Gasteiger charge is -2.00. The lowest BCUT2D eigenvalue weighted by atomic mass is 10.3. The first-order valence-corrected chi connectivity index (χ1v) is 5.75. The van der Waals surface area contributed by atoms with Crippen LogP contribution in [-0.4, -0.2) is 23.2 Å². The van der Waals surface area contributed by atoms with Crippen LogP contribution in [0.15, 0.2) is 24.3 Å². The van der Waals surface area contributed by atoms with Crippen molar-refractivity contribution < 1.29 is 13.2 Å². The molecule has 0 bridgehead atoms. The van der Waals surface area contributed by atoms with Gasteiger partial charge in [0.2, 0.25) is 6.43 Å². The fourth-order valence-corrected chi connectivity index (χ4v) is 1.52.